The van der Waals surface area contributed by atoms with Crippen LogP contribution in [0.4, 0.5) is 5.69 Å². The van der Waals surface area contributed by atoms with Gasteiger partial charge in [0.15, 0.2) is 0 Å². The Kier molecular flexibility index (Phi) is 5.30. The molecule has 0 aliphatic carbocycles. The van der Waals surface area contributed by atoms with Gasteiger partial charge in [0, 0.05) is 18.2 Å². The molecule has 0 saturated carbocycles. The van der Waals surface area contributed by atoms with E-state index in [0.717, 1.165) is 18.1 Å². The van der Waals surface area contributed by atoms with E-state index in [1.807, 2.05) is 6.92 Å². The van der Waals surface area contributed by atoms with Crippen molar-refractivity contribution >= 4 is 23.6 Å². The first-order chi connectivity index (χ1) is 11.0. The first-order valence-electron chi connectivity index (χ1n) is 7.28. The maximum absolute atomic E-state index is 12.4. The highest BCUT2D eigenvalue weighted by Crippen LogP contribution is 2.18. The zero-order valence-electron chi connectivity index (χ0n) is 13.0. The summed E-state index contributed by atoms with van der Waals surface area (Å²) < 4.78 is 5.19. The van der Waals surface area contributed by atoms with Crippen LogP contribution >= 0.6 is 0 Å². The monoisotopic (exact) mass is 314 g/mol. The molecule has 0 saturated heterocycles. The molecule has 6 heteroatoms. The second kappa shape index (κ2) is 7.40. The van der Waals surface area contributed by atoms with Crippen molar-refractivity contribution in [1.82, 2.24) is 5.16 Å². The molecule has 120 valence electrons. The summed E-state index contributed by atoms with van der Waals surface area (Å²) in [7, 11) is 0. The van der Waals surface area contributed by atoms with E-state index in [0.29, 0.717) is 29.1 Å². The van der Waals surface area contributed by atoms with Gasteiger partial charge in [-0.25, -0.2) is 4.79 Å². The summed E-state index contributed by atoms with van der Waals surface area (Å²) in [6.07, 6.45) is 4.06. The summed E-state index contributed by atoms with van der Waals surface area (Å²) in [6.45, 7) is 3.74. The Morgan fingerprint density at radius 3 is 2.61 bits per heavy atom. The molecule has 23 heavy (non-hydrogen) atoms. The van der Waals surface area contributed by atoms with Crippen LogP contribution in [-0.4, -0.2) is 22.1 Å². The van der Waals surface area contributed by atoms with E-state index in [4.69, 9.17) is 9.63 Å². The molecule has 1 aromatic heterocycles. The number of aromatic nitrogens is 1. The zero-order chi connectivity index (χ0) is 16.8. The number of carbonyl (C=O) groups is 2. The number of nitrogens with one attached hydrogen (secondary N) is 1. The Bertz CT molecular complexity index is 730. The Morgan fingerprint density at radius 2 is 2.00 bits per heavy atom. The van der Waals surface area contributed by atoms with E-state index in [1.165, 1.54) is 6.08 Å². The number of benzene rings is 1. The summed E-state index contributed by atoms with van der Waals surface area (Å²) in [4.78, 5) is 22.9. The molecular formula is C17H18N2O4. The van der Waals surface area contributed by atoms with Gasteiger partial charge in [-0.2, -0.15) is 0 Å². The van der Waals surface area contributed by atoms with Crippen molar-refractivity contribution in [3.05, 3.63) is 52.9 Å². The van der Waals surface area contributed by atoms with Crippen molar-refractivity contribution in [3.63, 3.8) is 0 Å². The van der Waals surface area contributed by atoms with E-state index in [9.17, 15) is 9.59 Å². The average Bonchev–Trinajstić information content (AvgIpc) is 2.88. The van der Waals surface area contributed by atoms with Crippen LogP contribution in [-0.2, 0) is 11.2 Å². The first kappa shape index (κ1) is 16.5. The third-order valence-electron chi connectivity index (χ3n) is 3.22. The molecular weight excluding hydrogens is 296 g/mol. The Morgan fingerprint density at radius 1 is 1.30 bits per heavy atom. The van der Waals surface area contributed by atoms with Gasteiger partial charge in [-0.1, -0.05) is 24.2 Å². The number of hydrogen-bond donors (Lipinski definition) is 2. The lowest BCUT2D eigenvalue weighted by atomic mass is 10.1. The third-order valence-corrected chi connectivity index (χ3v) is 3.22. The summed E-state index contributed by atoms with van der Waals surface area (Å²) in [5.41, 5.74) is 2.39. The van der Waals surface area contributed by atoms with Crippen molar-refractivity contribution in [1.29, 1.82) is 0 Å². The van der Waals surface area contributed by atoms with Crippen LogP contribution in [0.2, 0.25) is 0 Å². The van der Waals surface area contributed by atoms with Gasteiger partial charge in [0.05, 0.1) is 5.69 Å². The van der Waals surface area contributed by atoms with Crippen molar-refractivity contribution in [2.24, 2.45) is 0 Å². The van der Waals surface area contributed by atoms with Gasteiger partial charge in [-0.3, -0.25) is 4.79 Å². The number of aryl methyl sites for hydroxylation is 2. The van der Waals surface area contributed by atoms with Crippen molar-refractivity contribution in [2.45, 2.75) is 26.7 Å². The molecule has 2 rings (SSSR count). The standard InChI is InChI=1S/C17H18N2O4/c1-3-4-14-16(11(2)19-23-14)17(22)18-13-8-5-12(6-9-13)7-10-15(20)21/h5-10H,3-4H2,1-2H3,(H,18,22)(H,20,21). The van der Waals surface area contributed by atoms with Gasteiger partial charge in [0.1, 0.15) is 11.3 Å². The molecule has 0 aliphatic rings. The van der Waals surface area contributed by atoms with E-state index >= 15 is 0 Å². The minimum absolute atomic E-state index is 0.263. The second-order valence-corrected chi connectivity index (χ2v) is 5.06. The normalized spacial score (nSPS) is 10.9. The number of anilines is 1. The van der Waals surface area contributed by atoms with Crippen LogP contribution in [0.1, 0.15) is 40.7 Å². The zero-order valence-corrected chi connectivity index (χ0v) is 13.0. The van der Waals surface area contributed by atoms with Gasteiger partial charge in [-0.05, 0) is 37.1 Å². The smallest absolute Gasteiger partial charge is 0.328 e. The lowest BCUT2D eigenvalue weighted by molar-refractivity contribution is -0.131. The van der Waals surface area contributed by atoms with Crippen LogP contribution in [0.3, 0.4) is 0 Å². The topological polar surface area (TPSA) is 92.4 Å². The first-order valence-corrected chi connectivity index (χ1v) is 7.28. The van der Waals surface area contributed by atoms with Crippen molar-refractivity contribution < 1.29 is 19.2 Å². The van der Waals surface area contributed by atoms with Crippen molar-refractivity contribution in [3.8, 4) is 0 Å². The molecule has 0 fully saturated rings. The van der Waals surface area contributed by atoms with Crippen LogP contribution in [0.25, 0.3) is 6.08 Å². The molecule has 2 aromatic rings. The van der Waals surface area contributed by atoms with Gasteiger partial charge < -0.3 is 14.9 Å². The molecule has 0 radical (unpaired) electrons. The number of amides is 1. The number of rotatable bonds is 6. The molecule has 6 nitrogen and oxygen atoms in total. The molecule has 1 heterocycles. The summed E-state index contributed by atoms with van der Waals surface area (Å²) in [5, 5.41) is 15.2. The highest BCUT2D eigenvalue weighted by Gasteiger charge is 2.19. The SMILES string of the molecule is CCCc1onc(C)c1C(=O)Nc1ccc(C=CC(=O)O)cc1. The number of aliphatic carboxylic acids is 1. The predicted octanol–water partition coefficient (Wildman–Crippen LogP) is 3.29. The van der Waals surface area contributed by atoms with E-state index in [1.54, 1.807) is 31.2 Å². The van der Waals surface area contributed by atoms with E-state index in [2.05, 4.69) is 10.5 Å². The number of carboxylic acids is 1. The van der Waals surface area contributed by atoms with Gasteiger partial charge in [0.2, 0.25) is 0 Å². The molecule has 0 atom stereocenters. The lowest BCUT2D eigenvalue weighted by Crippen LogP contribution is -2.14. The van der Waals surface area contributed by atoms with Gasteiger partial charge >= 0.3 is 5.97 Å². The predicted molar refractivity (Wildman–Crippen MR) is 86.3 cm³/mol. The number of nitrogens with zero attached hydrogens (tertiary/aromatic N) is 1. The number of carboxylic acid groups (broad SMARTS) is 1. The summed E-state index contributed by atoms with van der Waals surface area (Å²) >= 11 is 0. The highest BCUT2D eigenvalue weighted by molar-refractivity contribution is 6.05. The van der Waals surface area contributed by atoms with Crippen LogP contribution in [0.5, 0.6) is 0 Å². The number of carbonyl (C=O) groups excluding carboxylic acids is 1. The minimum atomic E-state index is -1.01. The number of hydrogen-bond acceptors (Lipinski definition) is 4. The molecule has 0 aliphatic heterocycles. The van der Waals surface area contributed by atoms with Gasteiger partial charge in [0.25, 0.3) is 5.91 Å². The maximum Gasteiger partial charge on any atom is 0.328 e. The van der Waals surface area contributed by atoms with Crippen LogP contribution < -0.4 is 5.32 Å². The van der Waals surface area contributed by atoms with Gasteiger partial charge in [-0.15, -0.1) is 0 Å². The fourth-order valence-corrected chi connectivity index (χ4v) is 2.14. The maximum atomic E-state index is 12.4. The molecule has 0 spiro atoms. The van der Waals surface area contributed by atoms with Crippen LogP contribution in [0, 0.1) is 6.92 Å². The molecule has 1 aromatic carbocycles. The molecule has 0 bridgehead atoms. The average molecular weight is 314 g/mol. The fourth-order valence-electron chi connectivity index (χ4n) is 2.14. The second-order valence-electron chi connectivity index (χ2n) is 5.06. The fraction of sp³-hybridized carbons (Fsp3) is 0.235. The summed E-state index contributed by atoms with van der Waals surface area (Å²) in [6, 6.07) is 6.87. The van der Waals surface area contributed by atoms with Crippen LogP contribution in [0.15, 0.2) is 34.9 Å². The Balaban J connectivity index is 2.11. The molecule has 2 N–H and O–H groups in total. The Labute approximate surface area is 133 Å². The molecule has 0 unspecified atom stereocenters. The molecule has 1 amide bonds. The minimum Gasteiger partial charge on any atom is -0.478 e. The van der Waals surface area contributed by atoms with E-state index < -0.39 is 5.97 Å². The Hall–Kier alpha value is -2.89. The van der Waals surface area contributed by atoms with E-state index in [-0.39, 0.29) is 5.91 Å². The summed E-state index contributed by atoms with van der Waals surface area (Å²) in [5.74, 6) is -0.682. The van der Waals surface area contributed by atoms with Crippen molar-refractivity contribution in [2.75, 3.05) is 5.32 Å². The lowest BCUT2D eigenvalue weighted by Gasteiger charge is -2.06. The highest BCUT2D eigenvalue weighted by atomic mass is 16.5. The largest absolute Gasteiger partial charge is 0.478 e. The third kappa shape index (κ3) is 4.29. The quantitative estimate of drug-likeness (QED) is 0.798.